The fourth-order valence-electron chi connectivity index (χ4n) is 3.89. The molecule has 0 spiro atoms. The van der Waals surface area contributed by atoms with Gasteiger partial charge in [0.1, 0.15) is 5.60 Å². The lowest BCUT2D eigenvalue weighted by molar-refractivity contribution is -0.154. The molecule has 0 aromatic heterocycles. The Morgan fingerprint density at radius 3 is 2.25 bits per heavy atom. The van der Waals surface area contributed by atoms with E-state index in [4.69, 9.17) is 9.47 Å². The molecule has 0 aromatic rings. The number of urea groups is 1. The molecule has 8 heteroatoms. The molecule has 0 aromatic carbocycles. The average Bonchev–Trinajstić information content (AvgIpc) is 2.85. The molecule has 2 rings (SSSR count). The van der Waals surface area contributed by atoms with Crippen LogP contribution < -0.4 is 0 Å². The second kappa shape index (κ2) is 7.79. The first-order valence-electron chi connectivity index (χ1n) is 10.1. The number of nitrogens with zero attached hydrogens (tertiary/aromatic N) is 3. The van der Waals surface area contributed by atoms with Crippen molar-refractivity contribution >= 4 is 18.1 Å². The van der Waals surface area contributed by atoms with Crippen LogP contribution in [0.25, 0.3) is 0 Å². The van der Waals surface area contributed by atoms with Gasteiger partial charge in [0.15, 0.2) is 0 Å². The van der Waals surface area contributed by atoms with Crippen molar-refractivity contribution in [2.45, 2.75) is 66.0 Å². The van der Waals surface area contributed by atoms with Crippen LogP contribution in [-0.2, 0) is 14.3 Å². The SMILES string of the molecule is CCOC(=O)C(C)(C)CN1C[C@@]2(CC)CN(C(=O)OC(C)(C)C)CCN2C1=O. The summed E-state index contributed by atoms with van der Waals surface area (Å²) in [7, 11) is 0. The summed E-state index contributed by atoms with van der Waals surface area (Å²) in [6.07, 6.45) is 0.367. The Morgan fingerprint density at radius 1 is 1.07 bits per heavy atom. The van der Waals surface area contributed by atoms with Gasteiger partial charge in [-0.25, -0.2) is 9.59 Å². The van der Waals surface area contributed by atoms with Gasteiger partial charge in [0, 0.05) is 32.7 Å². The summed E-state index contributed by atoms with van der Waals surface area (Å²) in [6.45, 7) is 15.3. The zero-order valence-electron chi connectivity index (χ0n) is 18.3. The number of carbonyl (C=O) groups is 3. The number of ether oxygens (including phenoxy) is 2. The zero-order chi connectivity index (χ0) is 21.3. The smallest absolute Gasteiger partial charge is 0.410 e. The van der Waals surface area contributed by atoms with Gasteiger partial charge in [-0.15, -0.1) is 0 Å². The largest absolute Gasteiger partial charge is 0.466 e. The molecule has 2 aliphatic heterocycles. The number of rotatable bonds is 5. The third-order valence-corrected chi connectivity index (χ3v) is 5.36. The van der Waals surface area contributed by atoms with Crippen LogP contribution in [0.1, 0.15) is 54.9 Å². The Kier molecular flexibility index (Phi) is 6.21. The van der Waals surface area contributed by atoms with E-state index in [-0.39, 0.29) is 24.6 Å². The minimum absolute atomic E-state index is 0.0805. The topological polar surface area (TPSA) is 79.4 Å². The van der Waals surface area contributed by atoms with Crippen LogP contribution in [0.2, 0.25) is 0 Å². The van der Waals surface area contributed by atoms with Crippen molar-refractivity contribution in [3.63, 3.8) is 0 Å². The van der Waals surface area contributed by atoms with Crippen molar-refractivity contribution in [1.82, 2.24) is 14.7 Å². The predicted octanol–water partition coefficient (Wildman–Crippen LogP) is 2.71. The zero-order valence-corrected chi connectivity index (χ0v) is 18.3. The lowest BCUT2D eigenvalue weighted by Gasteiger charge is -2.45. The van der Waals surface area contributed by atoms with Gasteiger partial charge in [-0.2, -0.15) is 0 Å². The number of hydrogen-bond donors (Lipinski definition) is 0. The molecule has 0 N–H and O–H groups in total. The van der Waals surface area contributed by atoms with Crippen molar-refractivity contribution in [3.8, 4) is 0 Å². The van der Waals surface area contributed by atoms with E-state index in [9.17, 15) is 14.4 Å². The van der Waals surface area contributed by atoms with E-state index < -0.39 is 16.6 Å². The summed E-state index contributed by atoms with van der Waals surface area (Å²) in [6, 6.07) is -0.0805. The van der Waals surface area contributed by atoms with Crippen molar-refractivity contribution in [1.29, 1.82) is 0 Å². The summed E-state index contributed by atoms with van der Waals surface area (Å²) >= 11 is 0. The highest BCUT2D eigenvalue weighted by molar-refractivity contribution is 5.81. The normalized spacial score (nSPS) is 23.0. The van der Waals surface area contributed by atoms with Gasteiger partial charge in [0.2, 0.25) is 0 Å². The Bertz CT molecular complexity index is 628. The maximum absolute atomic E-state index is 13.0. The number of hydrogen-bond acceptors (Lipinski definition) is 5. The molecule has 8 nitrogen and oxygen atoms in total. The van der Waals surface area contributed by atoms with Crippen LogP contribution in [0, 0.1) is 5.41 Å². The first kappa shape index (κ1) is 22.3. The number of esters is 1. The molecule has 2 saturated heterocycles. The molecule has 3 amide bonds. The van der Waals surface area contributed by atoms with E-state index in [1.54, 1.807) is 30.6 Å². The molecule has 0 aliphatic carbocycles. The van der Waals surface area contributed by atoms with E-state index in [1.807, 2.05) is 32.6 Å². The molecule has 0 unspecified atom stereocenters. The molecule has 2 fully saturated rings. The summed E-state index contributed by atoms with van der Waals surface area (Å²) in [4.78, 5) is 43.1. The average molecular weight is 398 g/mol. The van der Waals surface area contributed by atoms with Crippen molar-refractivity contribution in [3.05, 3.63) is 0 Å². The van der Waals surface area contributed by atoms with Gasteiger partial charge < -0.3 is 24.2 Å². The second-order valence-electron chi connectivity index (χ2n) is 9.37. The Morgan fingerprint density at radius 2 is 1.71 bits per heavy atom. The van der Waals surface area contributed by atoms with Crippen LogP contribution in [0.15, 0.2) is 0 Å². The second-order valence-corrected chi connectivity index (χ2v) is 9.37. The summed E-state index contributed by atoms with van der Waals surface area (Å²) < 4.78 is 10.7. The van der Waals surface area contributed by atoms with Gasteiger partial charge >= 0.3 is 18.1 Å². The first-order valence-corrected chi connectivity index (χ1v) is 10.1. The molecule has 1 atom stereocenters. The van der Waals surface area contributed by atoms with Crippen LogP contribution in [0.3, 0.4) is 0 Å². The highest BCUT2D eigenvalue weighted by atomic mass is 16.6. The standard InChI is InChI=1S/C20H35N3O5/c1-8-20-13-21(17(26)28-18(3,4)5)10-11-23(20)16(25)22(14-20)12-19(6,7)15(24)27-9-2/h8-14H2,1-7H3/t20-/m1/s1. The van der Waals surface area contributed by atoms with Crippen LogP contribution in [0.4, 0.5) is 9.59 Å². The number of fused-ring (bicyclic) bond motifs is 1. The van der Waals surface area contributed by atoms with Crippen LogP contribution in [0.5, 0.6) is 0 Å². The van der Waals surface area contributed by atoms with Gasteiger partial charge in [-0.05, 0) is 48.0 Å². The van der Waals surface area contributed by atoms with Crippen molar-refractivity contribution in [2.24, 2.45) is 5.41 Å². The molecule has 0 bridgehead atoms. The summed E-state index contributed by atoms with van der Waals surface area (Å²) in [5, 5.41) is 0. The van der Waals surface area contributed by atoms with Gasteiger partial charge in [0.05, 0.1) is 17.6 Å². The van der Waals surface area contributed by atoms with Crippen molar-refractivity contribution in [2.75, 3.05) is 39.3 Å². The molecule has 2 heterocycles. The molecular formula is C20H35N3O5. The fourth-order valence-corrected chi connectivity index (χ4v) is 3.89. The van der Waals surface area contributed by atoms with E-state index in [0.717, 1.165) is 0 Å². The Hall–Kier alpha value is -1.99. The first-order chi connectivity index (χ1) is 12.8. The highest BCUT2D eigenvalue weighted by Gasteiger charge is 2.53. The Balaban J connectivity index is 2.15. The van der Waals surface area contributed by atoms with E-state index in [0.29, 0.717) is 39.2 Å². The molecular weight excluding hydrogens is 362 g/mol. The van der Waals surface area contributed by atoms with E-state index >= 15 is 0 Å². The fraction of sp³-hybridized carbons (Fsp3) is 0.850. The molecule has 0 saturated carbocycles. The third kappa shape index (κ3) is 4.52. The maximum Gasteiger partial charge on any atom is 0.410 e. The molecule has 2 aliphatic rings. The van der Waals surface area contributed by atoms with Crippen LogP contribution >= 0.6 is 0 Å². The van der Waals surface area contributed by atoms with Gasteiger partial charge in [0.25, 0.3) is 0 Å². The number of piperazine rings is 1. The monoisotopic (exact) mass is 397 g/mol. The molecule has 0 radical (unpaired) electrons. The maximum atomic E-state index is 13.0. The van der Waals surface area contributed by atoms with E-state index in [2.05, 4.69) is 0 Å². The highest BCUT2D eigenvalue weighted by Crippen LogP contribution is 2.35. The third-order valence-electron chi connectivity index (χ3n) is 5.36. The van der Waals surface area contributed by atoms with Gasteiger partial charge in [-0.1, -0.05) is 6.92 Å². The molecule has 28 heavy (non-hydrogen) atoms. The van der Waals surface area contributed by atoms with E-state index in [1.165, 1.54) is 0 Å². The van der Waals surface area contributed by atoms with Crippen molar-refractivity contribution < 1.29 is 23.9 Å². The minimum atomic E-state index is -0.792. The number of amides is 3. The number of carbonyl (C=O) groups excluding carboxylic acids is 3. The predicted molar refractivity (Wildman–Crippen MR) is 105 cm³/mol. The molecule has 160 valence electrons. The lowest BCUT2D eigenvalue weighted by atomic mass is 9.90. The summed E-state index contributed by atoms with van der Waals surface area (Å²) in [5.74, 6) is -0.311. The van der Waals surface area contributed by atoms with Crippen LogP contribution in [-0.4, -0.2) is 83.3 Å². The van der Waals surface area contributed by atoms with Gasteiger partial charge in [-0.3, -0.25) is 4.79 Å². The minimum Gasteiger partial charge on any atom is -0.466 e. The quantitative estimate of drug-likeness (QED) is 0.667. The lowest BCUT2D eigenvalue weighted by Crippen LogP contribution is -2.62. The Labute approximate surface area is 168 Å². The summed E-state index contributed by atoms with van der Waals surface area (Å²) in [5.41, 5.74) is -1.81.